The first-order valence-corrected chi connectivity index (χ1v) is 6.93. The molecule has 1 atom stereocenters. The van der Waals surface area contributed by atoms with Crippen molar-refractivity contribution in [3.05, 3.63) is 11.9 Å². The Balaban J connectivity index is 2.51. The fourth-order valence-corrected chi connectivity index (χ4v) is 2.12. The predicted molar refractivity (Wildman–Crippen MR) is 77.9 cm³/mol. The van der Waals surface area contributed by atoms with Gasteiger partial charge < -0.3 is 16.0 Å². The van der Waals surface area contributed by atoms with Crippen LogP contribution in [0.25, 0.3) is 0 Å². The highest BCUT2D eigenvalue weighted by atomic mass is 16.2. The van der Waals surface area contributed by atoms with Gasteiger partial charge in [-0.2, -0.15) is 0 Å². The molecule has 7 heteroatoms. The van der Waals surface area contributed by atoms with E-state index in [0.29, 0.717) is 18.2 Å². The van der Waals surface area contributed by atoms with Crippen LogP contribution in [-0.2, 0) is 17.9 Å². The first kappa shape index (κ1) is 16.6. The zero-order valence-electron chi connectivity index (χ0n) is 12.8. The second kappa shape index (κ2) is 7.96. The summed E-state index contributed by atoms with van der Waals surface area (Å²) in [5.74, 6) is 0.487. The highest BCUT2D eigenvalue weighted by molar-refractivity contribution is 5.75. The summed E-state index contributed by atoms with van der Waals surface area (Å²) in [7, 11) is 4.01. The fraction of sp³-hybridized carbons (Fsp3) is 0.769. The van der Waals surface area contributed by atoms with E-state index in [1.165, 1.54) is 4.68 Å². The number of nitrogens with zero attached hydrogens (tertiary/aromatic N) is 4. The number of aromatic nitrogens is 3. The van der Waals surface area contributed by atoms with E-state index in [9.17, 15) is 4.79 Å². The van der Waals surface area contributed by atoms with Crippen molar-refractivity contribution < 1.29 is 4.79 Å². The molecule has 0 bridgehead atoms. The predicted octanol–water partition coefficient (Wildman–Crippen LogP) is -0.171. The molecule has 0 aliphatic carbocycles. The van der Waals surface area contributed by atoms with Crippen LogP contribution in [0.5, 0.6) is 0 Å². The van der Waals surface area contributed by atoms with E-state index < -0.39 is 0 Å². The molecule has 1 unspecified atom stereocenters. The van der Waals surface area contributed by atoms with Gasteiger partial charge in [-0.3, -0.25) is 4.79 Å². The minimum Gasteiger partial charge on any atom is -0.350 e. The smallest absolute Gasteiger partial charge is 0.242 e. The van der Waals surface area contributed by atoms with Crippen molar-refractivity contribution in [3.8, 4) is 0 Å². The lowest BCUT2D eigenvalue weighted by Gasteiger charge is -2.23. The third-order valence-corrected chi connectivity index (χ3v) is 2.81. The summed E-state index contributed by atoms with van der Waals surface area (Å²) >= 11 is 0. The van der Waals surface area contributed by atoms with Crippen molar-refractivity contribution in [1.82, 2.24) is 25.2 Å². The average Bonchev–Trinajstić information content (AvgIpc) is 2.74. The number of hydrogen-bond donors (Lipinski definition) is 2. The maximum Gasteiger partial charge on any atom is 0.242 e. The molecule has 7 nitrogen and oxygen atoms in total. The van der Waals surface area contributed by atoms with Gasteiger partial charge >= 0.3 is 0 Å². The second-order valence-corrected chi connectivity index (χ2v) is 5.77. The molecule has 0 saturated carbocycles. The molecule has 1 heterocycles. The third kappa shape index (κ3) is 6.12. The Morgan fingerprint density at radius 2 is 2.20 bits per heavy atom. The van der Waals surface area contributed by atoms with Gasteiger partial charge in [-0.25, -0.2) is 4.68 Å². The standard InChI is InChI=1S/C13H26N6O/c1-10(2)5-11(7-18(3)4)15-13(20)9-19-8-12(6-14)16-17-19/h8,10-11H,5-7,9,14H2,1-4H3,(H,15,20). The lowest BCUT2D eigenvalue weighted by molar-refractivity contribution is -0.122. The minimum absolute atomic E-state index is 0.0500. The van der Waals surface area contributed by atoms with E-state index in [1.54, 1.807) is 6.20 Å². The maximum absolute atomic E-state index is 12.0. The number of amides is 1. The van der Waals surface area contributed by atoms with Gasteiger partial charge in [0.25, 0.3) is 0 Å². The molecule has 0 aromatic carbocycles. The number of likely N-dealkylation sites (N-methyl/N-ethyl adjacent to an activating group) is 1. The minimum atomic E-state index is -0.0500. The Morgan fingerprint density at radius 3 is 2.70 bits per heavy atom. The highest BCUT2D eigenvalue weighted by Crippen LogP contribution is 2.05. The van der Waals surface area contributed by atoms with Crippen LogP contribution >= 0.6 is 0 Å². The Morgan fingerprint density at radius 1 is 1.50 bits per heavy atom. The Bertz CT molecular complexity index is 405. The molecule has 0 aliphatic rings. The summed E-state index contributed by atoms with van der Waals surface area (Å²) in [6.45, 7) is 5.64. The zero-order chi connectivity index (χ0) is 15.1. The van der Waals surface area contributed by atoms with E-state index in [1.807, 2.05) is 14.1 Å². The van der Waals surface area contributed by atoms with Crippen LogP contribution in [0.4, 0.5) is 0 Å². The van der Waals surface area contributed by atoms with Gasteiger partial charge in [-0.15, -0.1) is 5.10 Å². The Labute approximate surface area is 120 Å². The molecule has 1 aromatic heterocycles. The fourth-order valence-electron chi connectivity index (χ4n) is 2.12. The number of carbonyl (C=O) groups excluding carboxylic acids is 1. The van der Waals surface area contributed by atoms with Crippen LogP contribution in [0.2, 0.25) is 0 Å². The molecule has 0 aliphatic heterocycles. The first-order chi connectivity index (χ1) is 9.40. The number of carbonyl (C=O) groups is 1. The summed E-state index contributed by atoms with van der Waals surface area (Å²) < 4.78 is 1.51. The van der Waals surface area contributed by atoms with Crippen molar-refractivity contribution in [3.63, 3.8) is 0 Å². The molecule has 0 fully saturated rings. The van der Waals surface area contributed by atoms with Gasteiger partial charge in [0.05, 0.1) is 11.9 Å². The lowest BCUT2D eigenvalue weighted by atomic mass is 10.0. The second-order valence-electron chi connectivity index (χ2n) is 5.77. The van der Waals surface area contributed by atoms with Gasteiger partial charge in [0.15, 0.2) is 0 Å². The molecule has 1 aromatic rings. The van der Waals surface area contributed by atoms with Crippen molar-refractivity contribution in [1.29, 1.82) is 0 Å². The van der Waals surface area contributed by atoms with Gasteiger partial charge in [0, 0.05) is 19.1 Å². The maximum atomic E-state index is 12.0. The SMILES string of the molecule is CC(C)CC(CN(C)C)NC(=O)Cn1cc(CN)nn1. The first-order valence-electron chi connectivity index (χ1n) is 6.93. The van der Waals surface area contributed by atoms with Crippen molar-refractivity contribution >= 4 is 5.91 Å². The van der Waals surface area contributed by atoms with Crippen LogP contribution in [0, 0.1) is 5.92 Å². The number of hydrogen-bond acceptors (Lipinski definition) is 5. The molecule has 0 saturated heterocycles. The lowest BCUT2D eigenvalue weighted by Crippen LogP contribution is -2.43. The summed E-state index contributed by atoms with van der Waals surface area (Å²) in [5.41, 5.74) is 6.15. The largest absolute Gasteiger partial charge is 0.350 e. The van der Waals surface area contributed by atoms with Crippen molar-refractivity contribution in [2.75, 3.05) is 20.6 Å². The van der Waals surface area contributed by atoms with Crippen LogP contribution in [0.15, 0.2) is 6.20 Å². The van der Waals surface area contributed by atoms with Crippen molar-refractivity contribution in [2.24, 2.45) is 11.7 Å². The molecule has 3 N–H and O–H groups in total. The van der Waals surface area contributed by atoms with Crippen LogP contribution in [0.1, 0.15) is 26.0 Å². The van der Waals surface area contributed by atoms with E-state index >= 15 is 0 Å². The van der Waals surface area contributed by atoms with Gasteiger partial charge in [-0.05, 0) is 26.4 Å². The zero-order valence-corrected chi connectivity index (χ0v) is 12.8. The Kier molecular flexibility index (Phi) is 6.60. The van der Waals surface area contributed by atoms with E-state index in [-0.39, 0.29) is 18.5 Å². The van der Waals surface area contributed by atoms with Crippen molar-refractivity contribution in [2.45, 2.75) is 39.4 Å². The quantitative estimate of drug-likeness (QED) is 0.691. The Hall–Kier alpha value is -1.47. The molecule has 0 radical (unpaired) electrons. The van der Waals surface area contributed by atoms with E-state index in [2.05, 4.69) is 34.4 Å². The summed E-state index contributed by atoms with van der Waals surface area (Å²) in [6.07, 6.45) is 2.65. The summed E-state index contributed by atoms with van der Waals surface area (Å²) in [6, 6.07) is 0.148. The van der Waals surface area contributed by atoms with Gasteiger partial charge in [0.1, 0.15) is 6.54 Å². The van der Waals surface area contributed by atoms with E-state index in [0.717, 1.165) is 13.0 Å². The summed E-state index contributed by atoms with van der Waals surface area (Å²) in [5, 5.41) is 10.8. The van der Waals surface area contributed by atoms with Crippen LogP contribution < -0.4 is 11.1 Å². The van der Waals surface area contributed by atoms with Crippen LogP contribution in [-0.4, -0.2) is 52.5 Å². The third-order valence-electron chi connectivity index (χ3n) is 2.81. The highest BCUT2D eigenvalue weighted by Gasteiger charge is 2.15. The molecule has 114 valence electrons. The molecule has 1 amide bonds. The van der Waals surface area contributed by atoms with E-state index in [4.69, 9.17) is 5.73 Å². The molecule has 0 spiro atoms. The summed E-state index contributed by atoms with van der Waals surface area (Å²) in [4.78, 5) is 14.1. The monoisotopic (exact) mass is 282 g/mol. The molecular formula is C13H26N6O. The molecule has 20 heavy (non-hydrogen) atoms. The number of rotatable bonds is 8. The number of nitrogens with one attached hydrogen (secondary N) is 1. The molecule has 1 rings (SSSR count). The van der Waals surface area contributed by atoms with Crippen LogP contribution in [0.3, 0.4) is 0 Å². The molecular weight excluding hydrogens is 256 g/mol. The van der Waals surface area contributed by atoms with Gasteiger partial charge in [0.2, 0.25) is 5.91 Å². The topological polar surface area (TPSA) is 89.1 Å². The number of nitrogens with two attached hydrogens (primary N) is 1. The normalized spacial score (nSPS) is 12.9. The van der Waals surface area contributed by atoms with Gasteiger partial charge in [-0.1, -0.05) is 19.1 Å². The average molecular weight is 282 g/mol.